The van der Waals surface area contributed by atoms with Crippen molar-refractivity contribution in [2.45, 2.75) is 6.54 Å². The van der Waals surface area contributed by atoms with Crippen LogP contribution < -0.4 is 10.9 Å². The van der Waals surface area contributed by atoms with E-state index in [2.05, 4.69) is 15.8 Å². The van der Waals surface area contributed by atoms with E-state index >= 15 is 0 Å². The molecule has 3 rings (SSSR count). The lowest BCUT2D eigenvalue weighted by molar-refractivity contribution is 0.602. The van der Waals surface area contributed by atoms with E-state index in [1.165, 1.54) is 6.07 Å². The first kappa shape index (κ1) is 12.6. The fourth-order valence-electron chi connectivity index (χ4n) is 2.04. The van der Waals surface area contributed by atoms with Gasteiger partial charge in [0.05, 0.1) is 5.52 Å². The SMILES string of the molecule is Fc1cc2ncccc2cc1CNNc1ccccc1. The largest absolute Gasteiger partial charge is 0.321 e. The number of nitrogens with one attached hydrogen (secondary N) is 2. The van der Waals surface area contributed by atoms with Gasteiger partial charge in [-0.1, -0.05) is 24.3 Å². The van der Waals surface area contributed by atoms with Gasteiger partial charge in [0.25, 0.3) is 0 Å². The summed E-state index contributed by atoms with van der Waals surface area (Å²) >= 11 is 0. The molecule has 0 aliphatic rings. The maximum Gasteiger partial charge on any atom is 0.129 e. The molecule has 3 nitrogen and oxygen atoms in total. The normalized spacial score (nSPS) is 10.7. The second kappa shape index (κ2) is 5.67. The van der Waals surface area contributed by atoms with E-state index < -0.39 is 0 Å². The van der Waals surface area contributed by atoms with Crippen LogP contribution in [0.4, 0.5) is 10.1 Å². The molecule has 4 heteroatoms. The number of aromatic nitrogens is 1. The zero-order valence-corrected chi connectivity index (χ0v) is 10.8. The first-order valence-corrected chi connectivity index (χ1v) is 6.40. The number of rotatable bonds is 4. The summed E-state index contributed by atoms with van der Waals surface area (Å²) in [4.78, 5) is 4.13. The minimum absolute atomic E-state index is 0.251. The third-order valence-electron chi connectivity index (χ3n) is 3.06. The van der Waals surface area contributed by atoms with Crippen molar-refractivity contribution in [2.75, 3.05) is 5.43 Å². The number of halogens is 1. The molecule has 3 aromatic rings. The van der Waals surface area contributed by atoms with Crippen molar-refractivity contribution < 1.29 is 4.39 Å². The predicted octanol–water partition coefficient (Wildman–Crippen LogP) is 3.49. The summed E-state index contributed by atoms with van der Waals surface area (Å²) in [7, 11) is 0. The molecule has 100 valence electrons. The third-order valence-corrected chi connectivity index (χ3v) is 3.06. The summed E-state index contributed by atoms with van der Waals surface area (Å²) in [6.07, 6.45) is 1.66. The van der Waals surface area contributed by atoms with Gasteiger partial charge in [0.1, 0.15) is 5.82 Å². The zero-order valence-electron chi connectivity index (χ0n) is 10.8. The Bertz CT molecular complexity index is 713. The monoisotopic (exact) mass is 267 g/mol. The summed E-state index contributed by atoms with van der Waals surface area (Å²) in [6.45, 7) is 0.394. The van der Waals surface area contributed by atoms with Gasteiger partial charge in [-0.3, -0.25) is 4.98 Å². The van der Waals surface area contributed by atoms with Gasteiger partial charge in [-0.25, -0.2) is 9.82 Å². The van der Waals surface area contributed by atoms with Crippen molar-refractivity contribution in [1.82, 2.24) is 10.4 Å². The fourth-order valence-corrected chi connectivity index (χ4v) is 2.04. The van der Waals surface area contributed by atoms with Crippen LogP contribution in [0.5, 0.6) is 0 Å². The Kier molecular flexibility index (Phi) is 3.56. The number of para-hydroxylation sites is 1. The van der Waals surface area contributed by atoms with Crippen molar-refractivity contribution in [3.05, 3.63) is 72.2 Å². The molecule has 0 aliphatic heterocycles. The predicted molar refractivity (Wildman–Crippen MR) is 78.6 cm³/mol. The van der Waals surface area contributed by atoms with E-state index in [-0.39, 0.29) is 5.82 Å². The molecule has 0 atom stereocenters. The van der Waals surface area contributed by atoms with Crippen molar-refractivity contribution in [2.24, 2.45) is 0 Å². The maximum absolute atomic E-state index is 13.9. The van der Waals surface area contributed by atoms with Gasteiger partial charge in [0, 0.05) is 35.4 Å². The summed E-state index contributed by atoms with van der Waals surface area (Å²) in [5.41, 5.74) is 8.27. The van der Waals surface area contributed by atoms with E-state index in [0.717, 1.165) is 11.1 Å². The molecule has 0 fully saturated rings. The van der Waals surface area contributed by atoms with E-state index in [1.807, 2.05) is 48.5 Å². The molecule has 20 heavy (non-hydrogen) atoms. The van der Waals surface area contributed by atoms with Crippen LogP contribution in [0, 0.1) is 5.82 Å². The minimum Gasteiger partial charge on any atom is -0.321 e. The highest BCUT2D eigenvalue weighted by Gasteiger charge is 2.04. The molecular weight excluding hydrogens is 253 g/mol. The lowest BCUT2D eigenvalue weighted by atomic mass is 10.1. The number of hydrogen-bond donors (Lipinski definition) is 2. The lowest BCUT2D eigenvalue weighted by Gasteiger charge is -2.09. The molecule has 2 aromatic carbocycles. The summed E-state index contributed by atoms with van der Waals surface area (Å²) in [6, 6.07) is 16.8. The highest BCUT2D eigenvalue weighted by Crippen LogP contribution is 2.17. The van der Waals surface area contributed by atoms with Crippen LogP contribution >= 0.6 is 0 Å². The molecule has 0 aliphatic carbocycles. The molecule has 0 amide bonds. The Hall–Kier alpha value is -2.46. The molecule has 0 saturated heterocycles. The molecule has 1 aromatic heterocycles. The molecule has 1 heterocycles. The van der Waals surface area contributed by atoms with Gasteiger partial charge < -0.3 is 5.43 Å². The highest BCUT2D eigenvalue weighted by atomic mass is 19.1. The smallest absolute Gasteiger partial charge is 0.129 e. The second-order valence-electron chi connectivity index (χ2n) is 4.48. The van der Waals surface area contributed by atoms with E-state index in [9.17, 15) is 4.39 Å². The lowest BCUT2D eigenvalue weighted by Crippen LogP contribution is -2.21. The summed E-state index contributed by atoms with van der Waals surface area (Å²) in [5, 5.41) is 0.936. The van der Waals surface area contributed by atoms with Crippen LogP contribution in [0.2, 0.25) is 0 Å². The van der Waals surface area contributed by atoms with Gasteiger partial charge in [-0.2, -0.15) is 0 Å². The van der Waals surface area contributed by atoms with Gasteiger partial charge in [-0.15, -0.1) is 0 Å². The molecule has 0 bridgehead atoms. The Labute approximate surface area is 116 Å². The van der Waals surface area contributed by atoms with Gasteiger partial charge in [0.15, 0.2) is 0 Å². The van der Waals surface area contributed by atoms with Crippen LogP contribution in [-0.2, 0) is 6.54 Å². The summed E-state index contributed by atoms with van der Waals surface area (Å²) in [5.74, 6) is -0.251. The quantitative estimate of drug-likeness (QED) is 0.710. The molecular formula is C16H14FN3. The second-order valence-corrected chi connectivity index (χ2v) is 4.48. The maximum atomic E-state index is 13.9. The number of pyridine rings is 1. The van der Waals surface area contributed by atoms with Crippen molar-refractivity contribution >= 4 is 16.6 Å². The number of anilines is 1. The van der Waals surface area contributed by atoms with Gasteiger partial charge in [0.2, 0.25) is 0 Å². The molecule has 0 saturated carbocycles. The van der Waals surface area contributed by atoms with Crippen molar-refractivity contribution in [1.29, 1.82) is 0 Å². The van der Waals surface area contributed by atoms with Gasteiger partial charge >= 0.3 is 0 Å². The van der Waals surface area contributed by atoms with Gasteiger partial charge in [-0.05, 0) is 24.3 Å². The van der Waals surface area contributed by atoms with Crippen LogP contribution in [0.1, 0.15) is 5.56 Å². The number of hydrazine groups is 1. The topological polar surface area (TPSA) is 37.0 Å². The van der Waals surface area contributed by atoms with Crippen LogP contribution in [0.3, 0.4) is 0 Å². The Balaban J connectivity index is 1.72. The Morgan fingerprint density at radius 3 is 2.70 bits per heavy atom. The Morgan fingerprint density at radius 2 is 1.85 bits per heavy atom. The van der Waals surface area contributed by atoms with Crippen molar-refractivity contribution in [3.63, 3.8) is 0 Å². The first-order chi connectivity index (χ1) is 9.83. The average molecular weight is 267 g/mol. The summed E-state index contributed by atoms with van der Waals surface area (Å²) < 4.78 is 13.9. The zero-order chi connectivity index (χ0) is 13.8. The van der Waals surface area contributed by atoms with E-state index in [1.54, 1.807) is 6.20 Å². The number of nitrogens with zero attached hydrogens (tertiary/aromatic N) is 1. The molecule has 2 N–H and O–H groups in total. The number of hydrogen-bond acceptors (Lipinski definition) is 3. The standard InChI is InChI=1S/C16H14FN3/c17-15-10-16-12(5-4-8-18-16)9-13(15)11-19-20-14-6-2-1-3-7-14/h1-10,19-20H,11H2. The first-order valence-electron chi connectivity index (χ1n) is 6.40. The Morgan fingerprint density at radius 1 is 1.00 bits per heavy atom. The third kappa shape index (κ3) is 2.75. The molecule has 0 unspecified atom stereocenters. The van der Waals surface area contributed by atoms with Crippen LogP contribution in [0.15, 0.2) is 60.8 Å². The number of benzene rings is 2. The van der Waals surface area contributed by atoms with E-state index in [4.69, 9.17) is 0 Å². The molecule has 0 radical (unpaired) electrons. The number of fused-ring (bicyclic) bond motifs is 1. The van der Waals surface area contributed by atoms with Crippen LogP contribution in [0.25, 0.3) is 10.9 Å². The minimum atomic E-state index is -0.251. The average Bonchev–Trinajstić information content (AvgIpc) is 2.49. The van der Waals surface area contributed by atoms with Crippen molar-refractivity contribution in [3.8, 4) is 0 Å². The van der Waals surface area contributed by atoms with E-state index in [0.29, 0.717) is 17.6 Å². The molecule has 0 spiro atoms. The highest BCUT2D eigenvalue weighted by molar-refractivity contribution is 5.79. The van der Waals surface area contributed by atoms with Crippen LogP contribution in [-0.4, -0.2) is 4.98 Å². The fraction of sp³-hybridized carbons (Fsp3) is 0.0625.